The second-order valence-electron chi connectivity index (χ2n) is 3.32. The van der Waals surface area contributed by atoms with Crippen LogP contribution < -0.4 is 5.32 Å². The summed E-state index contributed by atoms with van der Waals surface area (Å²) >= 11 is 8.69. The Labute approximate surface area is 107 Å². The molecule has 5 heteroatoms. The lowest BCUT2D eigenvalue weighted by Gasteiger charge is -2.06. The Balaban J connectivity index is 2.49. The van der Waals surface area contributed by atoms with Gasteiger partial charge >= 0.3 is 0 Å². The van der Waals surface area contributed by atoms with Crippen LogP contribution >= 0.6 is 27.5 Å². The minimum Gasteiger partial charge on any atom is -0.325 e. The molecule has 1 aromatic rings. The van der Waals surface area contributed by atoms with Crippen molar-refractivity contribution in [3.05, 3.63) is 28.5 Å². The van der Waals surface area contributed by atoms with Gasteiger partial charge in [-0.3, -0.25) is 4.79 Å². The zero-order chi connectivity index (χ0) is 12.0. The molecule has 1 rings (SSSR count). The molecule has 1 N–H and O–H groups in total. The molecule has 0 saturated heterocycles. The maximum absolute atomic E-state index is 12.8. The first-order valence-corrected chi connectivity index (χ1v) is 6.27. The molecule has 0 unspecified atom stereocenters. The van der Waals surface area contributed by atoms with E-state index in [2.05, 4.69) is 21.2 Å². The van der Waals surface area contributed by atoms with Crippen molar-refractivity contribution in [3.63, 3.8) is 0 Å². The van der Waals surface area contributed by atoms with E-state index in [1.165, 1.54) is 18.2 Å². The smallest absolute Gasteiger partial charge is 0.224 e. The van der Waals surface area contributed by atoms with Gasteiger partial charge in [0.15, 0.2) is 0 Å². The summed E-state index contributed by atoms with van der Waals surface area (Å²) in [6.45, 7) is 0. The highest BCUT2D eigenvalue weighted by Crippen LogP contribution is 2.23. The van der Waals surface area contributed by atoms with Gasteiger partial charge in [-0.1, -0.05) is 0 Å². The van der Waals surface area contributed by atoms with Gasteiger partial charge in [-0.05, 0) is 47.0 Å². The summed E-state index contributed by atoms with van der Waals surface area (Å²) in [7, 11) is 0. The van der Waals surface area contributed by atoms with Gasteiger partial charge in [-0.15, -0.1) is 11.6 Å². The number of unbranched alkanes of at least 4 members (excludes halogenated alkanes) is 1. The van der Waals surface area contributed by atoms with Gasteiger partial charge in [-0.2, -0.15) is 0 Å². The molecule has 1 aromatic carbocycles. The third-order valence-electron chi connectivity index (χ3n) is 1.99. The summed E-state index contributed by atoms with van der Waals surface area (Å²) in [4.78, 5) is 11.5. The summed E-state index contributed by atoms with van der Waals surface area (Å²) in [5.74, 6) is 0.137. The molecule has 0 atom stereocenters. The molecule has 2 nitrogen and oxygen atoms in total. The minimum absolute atomic E-state index is 0.0857. The SMILES string of the molecule is O=C(CCCCCl)Nc1ccc(F)cc1Br. The van der Waals surface area contributed by atoms with Gasteiger partial charge < -0.3 is 5.32 Å². The molecule has 0 fully saturated rings. The largest absolute Gasteiger partial charge is 0.325 e. The number of hydrogen-bond acceptors (Lipinski definition) is 1. The Morgan fingerprint density at radius 3 is 2.81 bits per heavy atom. The van der Waals surface area contributed by atoms with Crippen molar-refractivity contribution in [2.24, 2.45) is 0 Å². The lowest BCUT2D eigenvalue weighted by atomic mass is 10.2. The third-order valence-corrected chi connectivity index (χ3v) is 2.92. The van der Waals surface area contributed by atoms with Crippen molar-refractivity contribution in [2.45, 2.75) is 19.3 Å². The fraction of sp³-hybridized carbons (Fsp3) is 0.364. The van der Waals surface area contributed by atoms with Crippen LogP contribution in [0.4, 0.5) is 10.1 Å². The van der Waals surface area contributed by atoms with E-state index in [-0.39, 0.29) is 11.7 Å². The van der Waals surface area contributed by atoms with E-state index in [1.54, 1.807) is 0 Å². The van der Waals surface area contributed by atoms with Gasteiger partial charge in [0, 0.05) is 16.8 Å². The van der Waals surface area contributed by atoms with Crippen LogP contribution in [0.15, 0.2) is 22.7 Å². The fourth-order valence-electron chi connectivity index (χ4n) is 1.18. The van der Waals surface area contributed by atoms with Gasteiger partial charge in [0.1, 0.15) is 5.82 Å². The molecule has 0 spiro atoms. The molecular weight excluding hydrogens is 296 g/mol. The van der Waals surface area contributed by atoms with Crippen molar-refractivity contribution in [3.8, 4) is 0 Å². The molecule has 1 amide bonds. The number of amides is 1. The topological polar surface area (TPSA) is 29.1 Å². The quantitative estimate of drug-likeness (QED) is 0.648. The second-order valence-corrected chi connectivity index (χ2v) is 4.55. The van der Waals surface area contributed by atoms with Gasteiger partial charge in [0.2, 0.25) is 5.91 Å². The summed E-state index contributed by atoms with van der Waals surface area (Å²) in [6.07, 6.45) is 2.00. The molecule has 0 heterocycles. The van der Waals surface area contributed by atoms with E-state index in [1.807, 2.05) is 0 Å². The molecule has 0 radical (unpaired) electrons. The van der Waals surface area contributed by atoms with Crippen LogP contribution in [-0.4, -0.2) is 11.8 Å². The van der Waals surface area contributed by atoms with Crippen molar-refractivity contribution in [1.29, 1.82) is 0 Å². The maximum atomic E-state index is 12.8. The Morgan fingerprint density at radius 1 is 1.44 bits per heavy atom. The number of hydrogen-bond donors (Lipinski definition) is 1. The zero-order valence-electron chi connectivity index (χ0n) is 8.60. The molecular formula is C11H12BrClFNO. The lowest BCUT2D eigenvalue weighted by molar-refractivity contribution is -0.116. The summed E-state index contributed by atoms with van der Waals surface area (Å²) in [6, 6.07) is 4.15. The molecule has 0 aliphatic rings. The molecule has 0 aromatic heterocycles. The summed E-state index contributed by atoms with van der Waals surface area (Å²) < 4.78 is 13.3. The molecule has 0 aliphatic heterocycles. The first-order chi connectivity index (χ1) is 7.63. The number of benzene rings is 1. The normalized spacial score (nSPS) is 10.2. The van der Waals surface area contributed by atoms with Crippen LogP contribution in [0.25, 0.3) is 0 Å². The standard InChI is InChI=1S/C11H12BrClFNO/c12-9-7-8(14)4-5-10(9)15-11(16)3-1-2-6-13/h4-5,7H,1-3,6H2,(H,15,16). The van der Waals surface area contributed by atoms with Crippen molar-refractivity contribution in [1.82, 2.24) is 0 Å². The average molecular weight is 309 g/mol. The minimum atomic E-state index is -0.341. The summed E-state index contributed by atoms with van der Waals surface area (Å²) in [5, 5.41) is 2.70. The predicted octanol–water partition coefficient (Wildman–Crippen LogP) is 3.94. The van der Waals surface area contributed by atoms with E-state index < -0.39 is 0 Å². The monoisotopic (exact) mass is 307 g/mol. The van der Waals surface area contributed by atoms with Crippen molar-refractivity contribution in [2.75, 3.05) is 11.2 Å². The number of alkyl halides is 1. The zero-order valence-corrected chi connectivity index (χ0v) is 10.9. The van der Waals surface area contributed by atoms with Crippen LogP contribution in [-0.2, 0) is 4.79 Å². The van der Waals surface area contributed by atoms with E-state index in [0.29, 0.717) is 22.5 Å². The van der Waals surface area contributed by atoms with Crippen molar-refractivity contribution >= 4 is 39.1 Å². The molecule has 16 heavy (non-hydrogen) atoms. The van der Waals surface area contributed by atoms with Crippen molar-refractivity contribution < 1.29 is 9.18 Å². The van der Waals surface area contributed by atoms with Crippen LogP contribution in [0.5, 0.6) is 0 Å². The fourth-order valence-corrected chi connectivity index (χ4v) is 1.82. The Hall–Kier alpha value is -0.610. The van der Waals surface area contributed by atoms with Crippen LogP contribution in [0.2, 0.25) is 0 Å². The number of halogens is 3. The molecule has 0 aliphatic carbocycles. The Bertz CT molecular complexity index is 373. The Morgan fingerprint density at radius 2 is 2.19 bits per heavy atom. The van der Waals surface area contributed by atoms with Gasteiger partial charge in [0.25, 0.3) is 0 Å². The highest BCUT2D eigenvalue weighted by Gasteiger charge is 2.05. The van der Waals surface area contributed by atoms with E-state index in [0.717, 1.165) is 12.8 Å². The Kier molecular flexibility index (Phi) is 5.77. The number of nitrogens with one attached hydrogen (secondary N) is 1. The van der Waals surface area contributed by atoms with Gasteiger partial charge in [0.05, 0.1) is 5.69 Å². The maximum Gasteiger partial charge on any atom is 0.224 e. The third kappa shape index (κ3) is 4.49. The molecule has 0 saturated carbocycles. The van der Waals surface area contributed by atoms with E-state index in [9.17, 15) is 9.18 Å². The van der Waals surface area contributed by atoms with Gasteiger partial charge in [-0.25, -0.2) is 4.39 Å². The van der Waals surface area contributed by atoms with Crippen LogP contribution in [0, 0.1) is 5.82 Å². The first-order valence-electron chi connectivity index (χ1n) is 4.94. The molecule has 0 bridgehead atoms. The average Bonchev–Trinajstić information content (AvgIpc) is 2.23. The lowest BCUT2D eigenvalue weighted by Crippen LogP contribution is -2.11. The van der Waals surface area contributed by atoms with E-state index in [4.69, 9.17) is 11.6 Å². The number of rotatable bonds is 5. The second kappa shape index (κ2) is 6.86. The highest BCUT2D eigenvalue weighted by molar-refractivity contribution is 9.10. The number of carbonyl (C=O) groups is 1. The predicted molar refractivity (Wildman–Crippen MR) is 67.3 cm³/mol. The van der Waals surface area contributed by atoms with Crippen LogP contribution in [0.1, 0.15) is 19.3 Å². The van der Waals surface area contributed by atoms with Crippen LogP contribution in [0.3, 0.4) is 0 Å². The number of anilines is 1. The van der Waals surface area contributed by atoms with E-state index >= 15 is 0 Å². The summed E-state index contributed by atoms with van der Waals surface area (Å²) in [5.41, 5.74) is 0.581. The molecule has 88 valence electrons. The first kappa shape index (κ1) is 13.5. The number of carbonyl (C=O) groups excluding carboxylic acids is 1. The highest BCUT2D eigenvalue weighted by atomic mass is 79.9.